The first-order valence-electron chi connectivity index (χ1n) is 5.17. The Labute approximate surface area is 95.3 Å². The van der Waals surface area contributed by atoms with Crippen LogP contribution < -0.4 is 0 Å². The van der Waals surface area contributed by atoms with E-state index in [4.69, 9.17) is 0 Å². The number of hydrogen-bond donors (Lipinski definition) is 1. The summed E-state index contributed by atoms with van der Waals surface area (Å²) in [6.45, 7) is 7.98. The lowest BCUT2D eigenvalue weighted by Gasteiger charge is -2.08. The van der Waals surface area contributed by atoms with E-state index in [-0.39, 0.29) is 6.10 Å². The zero-order valence-corrected chi connectivity index (χ0v) is 10.6. The molecule has 0 saturated carbocycles. The molecule has 84 valence electrons. The van der Waals surface area contributed by atoms with Gasteiger partial charge in [-0.15, -0.1) is 0 Å². The van der Waals surface area contributed by atoms with Gasteiger partial charge in [0.15, 0.2) is 5.16 Å². The normalized spacial score (nSPS) is 12.9. The highest BCUT2D eigenvalue weighted by Crippen LogP contribution is 2.18. The van der Waals surface area contributed by atoms with Crippen LogP contribution in [0, 0.1) is 20.8 Å². The number of nitrogens with zero attached hydrogens (tertiary/aromatic N) is 2. The molecule has 1 aromatic rings. The van der Waals surface area contributed by atoms with Crippen molar-refractivity contribution in [3.05, 3.63) is 17.0 Å². The van der Waals surface area contributed by atoms with Crippen LogP contribution in [0.3, 0.4) is 0 Å². The molecule has 0 fully saturated rings. The molecule has 0 saturated heterocycles. The summed E-state index contributed by atoms with van der Waals surface area (Å²) >= 11 is 1.52. The third-order valence-corrected chi connectivity index (χ3v) is 3.48. The minimum absolute atomic E-state index is 0.263. The summed E-state index contributed by atoms with van der Waals surface area (Å²) in [5, 5.41) is 10.2. The van der Waals surface area contributed by atoms with Crippen molar-refractivity contribution in [2.75, 3.05) is 5.75 Å². The quantitative estimate of drug-likeness (QED) is 0.632. The number of hydrogen-bond acceptors (Lipinski definition) is 4. The molecule has 15 heavy (non-hydrogen) atoms. The smallest absolute Gasteiger partial charge is 0.188 e. The molecule has 0 radical (unpaired) electrons. The van der Waals surface area contributed by atoms with Gasteiger partial charge in [-0.25, -0.2) is 9.97 Å². The molecule has 1 atom stereocenters. The third kappa shape index (κ3) is 3.47. The Bertz CT molecular complexity index is 318. The largest absolute Gasteiger partial charge is 0.392 e. The van der Waals surface area contributed by atoms with Crippen molar-refractivity contribution < 1.29 is 5.11 Å². The number of aliphatic hydroxyl groups is 1. The van der Waals surface area contributed by atoms with Gasteiger partial charge in [-0.05, 0) is 32.8 Å². The van der Waals surface area contributed by atoms with Crippen LogP contribution in [0.4, 0.5) is 0 Å². The van der Waals surface area contributed by atoms with Crippen molar-refractivity contribution in [3.63, 3.8) is 0 Å². The van der Waals surface area contributed by atoms with Crippen molar-refractivity contribution in [3.8, 4) is 0 Å². The molecule has 0 spiro atoms. The van der Waals surface area contributed by atoms with Gasteiger partial charge in [-0.3, -0.25) is 0 Å². The van der Waals surface area contributed by atoms with Crippen LogP contribution in [0.2, 0.25) is 0 Å². The minimum Gasteiger partial charge on any atom is -0.392 e. The van der Waals surface area contributed by atoms with E-state index in [0.29, 0.717) is 5.75 Å². The number of aliphatic hydroxyl groups excluding tert-OH is 1. The van der Waals surface area contributed by atoms with Crippen molar-refractivity contribution in [2.24, 2.45) is 0 Å². The monoisotopic (exact) mass is 226 g/mol. The van der Waals surface area contributed by atoms with Crippen LogP contribution in [0.5, 0.6) is 0 Å². The lowest BCUT2D eigenvalue weighted by Crippen LogP contribution is -2.08. The van der Waals surface area contributed by atoms with Crippen molar-refractivity contribution >= 4 is 11.8 Å². The maximum Gasteiger partial charge on any atom is 0.188 e. The molecule has 3 nitrogen and oxygen atoms in total. The molecule has 0 aliphatic heterocycles. The molecule has 0 amide bonds. The molecule has 4 heteroatoms. The fourth-order valence-corrected chi connectivity index (χ4v) is 2.07. The highest BCUT2D eigenvalue weighted by molar-refractivity contribution is 7.99. The van der Waals surface area contributed by atoms with E-state index in [1.165, 1.54) is 11.8 Å². The predicted octanol–water partition coefficient (Wildman–Crippen LogP) is 2.26. The lowest BCUT2D eigenvalue weighted by molar-refractivity contribution is 0.195. The van der Waals surface area contributed by atoms with Crippen LogP contribution in [-0.4, -0.2) is 26.9 Å². The van der Waals surface area contributed by atoms with Gasteiger partial charge in [0.2, 0.25) is 0 Å². The molecule has 1 heterocycles. The Morgan fingerprint density at radius 2 is 1.73 bits per heavy atom. The van der Waals surface area contributed by atoms with Gasteiger partial charge >= 0.3 is 0 Å². The summed E-state index contributed by atoms with van der Waals surface area (Å²) < 4.78 is 0. The molecule has 0 aliphatic rings. The van der Waals surface area contributed by atoms with Gasteiger partial charge < -0.3 is 5.11 Å². The average Bonchev–Trinajstić information content (AvgIpc) is 2.22. The van der Waals surface area contributed by atoms with Crippen LogP contribution in [-0.2, 0) is 0 Å². The van der Waals surface area contributed by atoms with Gasteiger partial charge in [-0.2, -0.15) is 0 Å². The summed E-state index contributed by atoms with van der Waals surface area (Å²) in [6.07, 6.45) is 0.511. The van der Waals surface area contributed by atoms with Crippen LogP contribution in [0.15, 0.2) is 5.16 Å². The summed E-state index contributed by atoms with van der Waals surface area (Å²) in [4.78, 5) is 8.76. The average molecular weight is 226 g/mol. The van der Waals surface area contributed by atoms with Gasteiger partial charge in [0.25, 0.3) is 0 Å². The fourth-order valence-electron chi connectivity index (χ4n) is 1.09. The number of aryl methyl sites for hydroxylation is 2. The highest BCUT2D eigenvalue weighted by Gasteiger charge is 2.07. The first-order chi connectivity index (χ1) is 7.04. The van der Waals surface area contributed by atoms with E-state index >= 15 is 0 Å². The number of rotatable bonds is 4. The summed E-state index contributed by atoms with van der Waals surface area (Å²) in [5.41, 5.74) is 3.20. The highest BCUT2D eigenvalue weighted by atomic mass is 32.2. The zero-order chi connectivity index (χ0) is 11.4. The van der Waals surface area contributed by atoms with E-state index in [2.05, 4.69) is 9.97 Å². The van der Waals surface area contributed by atoms with Gasteiger partial charge in [0, 0.05) is 17.1 Å². The molecule has 0 aliphatic carbocycles. The minimum atomic E-state index is -0.263. The Morgan fingerprint density at radius 1 is 1.20 bits per heavy atom. The van der Waals surface area contributed by atoms with Crippen molar-refractivity contribution in [1.82, 2.24) is 9.97 Å². The van der Waals surface area contributed by atoms with E-state index in [0.717, 1.165) is 28.5 Å². The summed E-state index contributed by atoms with van der Waals surface area (Å²) in [7, 11) is 0. The molecule has 0 bridgehead atoms. The molecule has 1 aromatic heterocycles. The van der Waals surface area contributed by atoms with Crippen molar-refractivity contribution in [2.45, 2.75) is 45.4 Å². The van der Waals surface area contributed by atoms with Gasteiger partial charge in [0.1, 0.15) is 0 Å². The summed E-state index contributed by atoms with van der Waals surface area (Å²) in [5.74, 6) is 0.665. The second-order valence-corrected chi connectivity index (χ2v) is 4.66. The van der Waals surface area contributed by atoms with Crippen LogP contribution in [0.25, 0.3) is 0 Å². The number of aromatic nitrogens is 2. The van der Waals surface area contributed by atoms with Crippen LogP contribution in [0.1, 0.15) is 30.3 Å². The Hall–Kier alpha value is -0.610. The lowest BCUT2D eigenvalue weighted by atomic mass is 10.2. The predicted molar refractivity (Wildman–Crippen MR) is 63.3 cm³/mol. The maximum atomic E-state index is 9.44. The first-order valence-corrected chi connectivity index (χ1v) is 6.15. The van der Waals surface area contributed by atoms with Gasteiger partial charge in [0.05, 0.1) is 6.10 Å². The molecular formula is C11H18N2OS. The van der Waals surface area contributed by atoms with E-state index in [9.17, 15) is 5.11 Å². The second kappa shape index (κ2) is 5.47. The Kier molecular flexibility index (Phi) is 4.54. The van der Waals surface area contributed by atoms with E-state index in [1.807, 2.05) is 27.7 Å². The topological polar surface area (TPSA) is 46.0 Å². The number of thioether (sulfide) groups is 1. The third-order valence-electron chi connectivity index (χ3n) is 2.49. The Balaban J connectivity index is 2.70. The fraction of sp³-hybridized carbons (Fsp3) is 0.636. The zero-order valence-electron chi connectivity index (χ0n) is 9.74. The molecular weight excluding hydrogens is 208 g/mol. The van der Waals surface area contributed by atoms with Gasteiger partial charge in [-0.1, -0.05) is 18.7 Å². The SMILES string of the molecule is CCC(O)CSc1nc(C)c(C)c(C)n1. The van der Waals surface area contributed by atoms with Crippen LogP contribution >= 0.6 is 11.8 Å². The first kappa shape index (κ1) is 12.5. The molecule has 0 aromatic carbocycles. The maximum absolute atomic E-state index is 9.44. The summed E-state index contributed by atoms with van der Waals surface area (Å²) in [6, 6.07) is 0. The molecule has 1 rings (SSSR count). The van der Waals surface area contributed by atoms with Crippen molar-refractivity contribution in [1.29, 1.82) is 0 Å². The molecule has 1 N–H and O–H groups in total. The second-order valence-electron chi connectivity index (χ2n) is 3.68. The Morgan fingerprint density at radius 3 is 2.20 bits per heavy atom. The standard InChI is InChI=1S/C11H18N2OS/c1-5-10(14)6-15-11-12-8(3)7(2)9(4)13-11/h10,14H,5-6H2,1-4H3. The van der Waals surface area contributed by atoms with E-state index in [1.54, 1.807) is 0 Å². The van der Waals surface area contributed by atoms with E-state index < -0.39 is 0 Å². The molecule has 1 unspecified atom stereocenters.